The Morgan fingerprint density at radius 3 is 2.40 bits per heavy atom. The first-order chi connectivity index (χ1) is 14.5. The van der Waals surface area contributed by atoms with Gasteiger partial charge in [0, 0.05) is 0 Å². The van der Waals surface area contributed by atoms with Gasteiger partial charge in [-0.15, -0.1) is 0 Å². The Bertz CT molecular complexity index is 801. The van der Waals surface area contributed by atoms with Crippen molar-refractivity contribution in [2.45, 2.75) is 76.2 Å². The summed E-state index contributed by atoms with van der Waals surface area (Å²) in [5.74, 6) is -2.01. The molecule has 0 amide bonds. The number of allylic oxidation sites excluding steroid dienone is 2. The molecule has 2 aliphatic rings. The van der Waals surface area contributed by atoms with E-state index in [1.165, 1.54) is 18.2 Å². The van der Waals surface area contributed by atoms with Crippen molar-refractivity contribution < 1.29 is 22.7 Å². The third-order valence-corrected chi connectivity index (χ3v) is 6.56. The first-order valence-corrected chi connectivity index (χ1v) is 10.9. The maximum absolute atomic E-state index is 13.5. The lowest BCUT2D eigenvalue weighted by atomic mass is 9.78. The number of benzene rings is 1. The largest absolute Gasteiger partial charge is 0.462 e. The molecule has 0 radical (unpaired) electrons. The molecule has 0 saturated heterocycles. The van der Waals surface area contributed by atoms with Crippen LogP contribution in [0.2, 0.25) is 0 Å². The number of nitrogens with zero attached hydrogens (tertiary/aromatic N) is 1. The van der Waals surface area contributed by atoms with Crippen LogP contribution in [0.25, 0.3) is 0 Å². The molecule has 0 unspecified atom stereocenters. The summed E-state index contributed by atoms with van der Waals surface area (Å²) in [6, 6.07) is 5.54. The predicted octanol–water partition coefficient (Wildman–Crippen LogP) is 6.50. The highest BCUT2D eigenvalue weighted by atomic mass is 19.2. The van der Waals surface area contributed by atoms with Crippen molar-refractivity contribution >= 4 is 5.97 Å². The fraction of sp³-hybridized carbons (Fsp3) is 0.583. The van der Waals surface area contributed by atoms with E-state index in [4.69, 9.17) is 10.00 Å². The summed E-state index contributed by atoms with van der Waals surface area (Å²) in [4.78, 5) is 12.6. The van der Waals surface area contributed by atoms with Gasteiger partial charge < -0.3 is 4.74 Å². The van der Waals surface area contributed by atoms with Gasteiger partial charge in [-0.05, 0) is 99.8 Å². The van der Waals surface area contributed by atoms with Crippen LogP contribution in [0.15, 0.2) is 30.1 Å². The molecule has 3 rings (SSSR count). The molecule has 2 fully saturated rings. The smallest absolute Gasteiger partial charge is 0.309 e. The molecule has 162 valence electrons. The molecule has 1 aromatic carbocycles. The second kappa shape index (κ2) is 10.7. The van der Waals surface area contributed by atoms with Crippen LogP contribution in [0.3, 0.4) is 0 Å². The number of halogens is 3. The molecular formula is C24H28F3NO2. The maximum Gasteiger partial charge on any atom is 0.309 e. The lowest BCUT2D eigenvalue weighted by molar-refractivity contribution is -0.157. The van der Waals surface area contributed by atoms with Gasteiger partial charge in [-0.2, -0.15) is 9.65 Å². The summed E-state index contributed by atoms with van der Waals surface area (Å²) in [6.45, 7) is 0. The number of carbonyl (C=O) groups excluding carboxylic acids is 1. The SMILES string of the molecule is N#C/C(F)=C\CCC1CCC(OC(=O)C2CCC(c3ccc(F)c(F)c3)CC2)CC1. The van der Waals surface area contributed by atoms with Crippen molar-refractivity contribution in [1.82, 2.24) is 0 Å². The van der Waals surface area contributed by atoms with E-state index in [2.05, 4.69) is 0 Å². The minimum Gasteiger partial charge on any atom is -0.462 e. The molecule has 0 aromatic heterocycles. The topological polar surface area (TPSA) is 50.1 Å². The summed E-state index contributed by atoms with van der Waals surface area (Å²) in [5.41, 5.74) is 0.795. The highest BCUT2D eigenvalue weighted by molar-refractivity contribution is 5.72. The molecule has 1 aromatic rings. The summed E-state index contributed by atoms with van der Waals surface area (Å²) in [5, 5.41) is 8.42. The second-order valence-electron chi connectivity index (χ2n) is 8.54. The first kappa shape index (κ1) is 22.4. The standard InChI is InChI=1S/C24H28F3NO2/c25-20(15-28)3-1-2-16-4-11-21(12-5-16)30-24(29)18-8-6-17(7-9-18)19-10-13-22(26)23(27)14-19/h3,10,13-14,16-18,21H,1-2,4-9,11-12H2/b20-3+. The zero-order valence-electron chi connectivity index (χ0n) is 17.1. The maximum atomic E-state index is 13.5. The Morgan fingerprint density at radius 1 is 1.07 bits per heavy atom. The quantitative estimate of drug-likeness (QED) is 0.391. The van der Waals surface area contributed by atoms with Gasteiger partial charge in [-0.3, -0.25) is 4.79 Å². The fourth-order valence-corrected chi connectivity index (χ4v) is 4.72. The Labute approximate surface area is 175 Å². The van der Waals surface area contributed by atoms with Crippen LogP contribution >= 0.6 is 0 Å². The minimum atomic E-state index is -0.837. The van der Waals surface area contributed by atoms with Crippen molar-refractivity contribution in [1.29, 1.82) is 5.26 Å². The van der Waals surface area contributed by atoms with Gasteiger partial charge in [0.2, 0.25) is 0 Å². The van der Waals surface area contributed by atoms with Crippen LogP contribution in [-0.2, 0) is 9.53 Å². The van der Waals surface area contributed by atoms with Gasteiger partial charge in [0.25, 0.3) is 0 Å². The van der Waals surface area contributed by atoms with Crippen LogP contribution in [0.1, 0.15) is 75.7 Å². The van der Waals surface area contributed by atoms with Crippen LogP contribution in [0, 0.1) is 34.8 Å². The second-order valence-corrected chi connectivity index (χ2v) is 8.54. The highest BCUT2D eigenvalue weighted by Crippen LogP contribution is 2.37. The van der Waals surface area contributed by atoms with E-state index in [0.29, 0.717) is 25.2 Å². The zero-order chi connectivity index (χ0) is 21.5. The molecule has 2 saturated carbocycles. The van der Waals surface area contributed by atoms with Gasteiger partial charge in [-0.25, -0.2) is 8.78 Å². The van der Waals surface area contributed by atoms with Crippen molar-refractivity contribution in [3.8, 4) is 6.07 Å². The van der Waals surface area contributed by atoms with E-state index in [1.54, 1.807) is 6.07 Å². The third kappa shape index (κ3) is 6.10. The molecule has 6 heteroatoms. The Kier molecular flexibility index (Phi) is 7.95. The summed E-state index contributed by atoms with van der Waals surface area (Å²) >= 11 is 0. The van der Waals surface area contributed by atoms with Crippen molar-refractivity contribution in [2.75, 3.05) is 0 Å². The number of esters is 1. The summed E-state index contributed by atoms with van der Waals surface area (Å²) in [7, 11) is 0. The van der Waals surface area contributed by atoms with E-state index in [0.717, 1.165) is 56.6 Å². The van der Waals surface area contributed by atoms with Gasteiger partial charge in [0.05, 0.1) is 5.92 Å². The number of carbonyl (C=O) groups is 1. The van der Waals surface area contributed by atoms with Crippen LogP contribution in [-0.4, -0.2) is 12.1 Å². The molecular weight excluding hydrogens is 391 g/mol. The monoisotopic (exact) mass is 419 g/mol. The zero-order valence-corrected chi connectivity index (χ0v) is 17.1. The Morgan fingerprint density at radius 2 is 1.77 bits per heavy atom. The normalized spacial score (nSPS) is 27.3. The van der Waals surface area contributed by atoms with Crippen molar-refractivity contribution in [2.24, 2.45) is 11.8 Å². The van der Waals surface area contributed by atoms with Crippen LogP contribution in [0.5, 0.6) is 0 Å². The molecule has 0 spiro atoms. The Hall–Kier alpha value is -2.29. The van der Waals surface area contributed by atoms with Crippen molar-refractivity contribution in [3.63, 3.8) is 0 Å². The Balaban J connectivity index is 1.38. The van der Waals surface area contributed by atoms with Crippen LogP contribution < -0.4 is 0 Å². The molecule has 3 nitrogen and oxygen atoms in total. The van der Waals surface area contributed by atoms with Gasteiger partial charge in [0.15, 0.2) is 17.5 Å². The average molecular weight is 419 g/mol. The number of hydrogen-bond acceptors (Lipinski definition) is 3. The fourth-order valence-electron chi connectivity index (χ4n) is 4.72. The van der Waals surface area contributed by atoms with Crippen LogP contribution in [0.4, 0.5) is 13.2 Å². The molecule has 30 heavy (non-hydrogen) atoms. The predicted molar refractivity (Wildman–Crippen MR) is 107 cm³/mol. The first-order valence-electron chi connectivity index (χ1n) is 10.9. The molecule has 0 atom stereocenters. The van der Waals surface area contributed by atoms with E-state index in [-0.39, 0.29) is 23.9 Å². The molecule has 0 heterocycles. The minimum absolute atomic E-state index is 0.0518. The number of hydrogen-bond donors (Lipinski definition) is 0. The lowest BCUT2D eigenvalue weighted by Crippen LogP contribution is -2.30. The third-order valence-electron chi connectivity index (χ3n) is 6.56. The number of ether oxygens (including phenoxy) is 1. The lowest BCUT2D eigenvalue weighted by Gasteiger charge is -2.31. The van der Waals surface area contributed by atoms with Gasteiger partial charge >= 0.3 is 5.97 Å². The molecule has 0 N–H and O–H groups in total. The summed E-state index contributed by atoms with van der Waals surface area (Å²) in [6.07, 6.45) is 9.19. The number of nitriles is 1. The van der Waals surface area contributed by atoms with Gasteiger partial charge in [-0.1, -0.05) is 6.07 Å². The summed E-state index contributed by atoms with van der Waals surface area (Å²) < 4.78 is 45.2. The molecule has 0 bridgehead atoms. The van der Waals surface area contributed by atoms with Crippen molar-refractivity contribution in [3.05, 3.63) is 47.3 Å². The van der Waals surface area contributed by atoms with E-state index in [1.807, 2.05) is 0 Å². The average Bonchev–Trinajstić information content (AvgIpc) is 2.76. The molecule has 2 aliphatic carbocycles. The van der Waals surface area contributed by atoms with E-state index >= 15 is 0 Å². The molecule has 0 aliphatic heterocycles. The van der Waals surface area contributed by atoms with E-state index < -0.39 is 17.5 Å². The highest BCUT2D eigenvalue weighted by Gasteiger charge is 2.31. The number of rotatable bonds is 6. The van der Waals surface area contributed by atoms with E-state index in [9.17, 15) is 18.0 Å². The van der Waals surface area contributed by atoms with Gasteiger partial charge in [0.1, 0.15) is 12.2 Å².